The SMILES string of the molecule is Cc1ccc(S(=O)Cc2ccc(N)cc2Cl)cc1C. The fourth-order valence-electron chi connectivity index (χ4n) is 1.76. The summed E-state index contributed by atoms with van der Waals surface area (Å²) in [4.78, 5) is 0.830. The van der Waals surface area contributed by atoms with Crippen molar-refractivity contribution >= 4 is 28.1 Å². The summed E-state index contributed by atoms with van der Waals surface area (Å²) in [5.74, 6) is 0.404. The molecule has 2 aromatic rings. The molecule has 4 heteroatoms. The molecule has 0 bridgehead atoms. The minimum Gasteiger partial charge on any atom is -0.399 e. The maximum absolute atomic E-state index is 12.3. The maximum Gasteiger partial charge on any atom is 0.0574 e. The third kappa shape index (κ3) is 3.37. The second-order valence-electron chi connectivity index (χ2n) is 4.59. The van der Waals surface area contributed by atoms with Gasteiger partial charge in [-0.3, -0.25) is 4.21 Å². The molecule has 2 aromatic carbocycles. The maximum atomic E-state index is 12.3. The van der Waals surface area contributed by atoms with Crippen LogP contribution in [0.15, 0.2) is 41.3 Å². The van der Waals surface area contributed by atoms with Gasteiger partial charge >= 0.3 is 0 Å². The highest BCUT2D eigenvalue weighted by Crippen LogP contribution is 2.23. The second-order valence-corrected chi connectivity index (χ2v) is 6.45. The molecule has 2 rings (SSSR count). The number of aryl methyl sites for hydroxylation is 2. The van der Waals surface area contributed by atoms with Crippen LogP contribution < -0.4 is 5.73 Å². The van der Waals surface area contributed by atoms with Gasteiger partial charge in [0.25, 0.3) is 0 Å². The Morgan fingerprint density at radius 2 is 1.84 bits per heavy atom. The van der Waals surface area contributed by atoms with Crippen LogP contribution in [0.5, 0.6) is 0 Å². The van der Waals surface area contributed by atoms with Crippen LogP contribution in [-0.2, 0) is 16.6 Å². The molecule has 0 aromatic heterocycles. The summed E-state index contributed by atoms with van der Waals surface area (Å²) >= 11 is 6.10. The Labute approximate surface area is 121 Å². The highest BCUT2D eigenvalue weighted by molar-refractivity contribution is 7.84. The van der Waals surface area contributed by atoms with E-state index in [0.717, 1.165) is 16.0 Å². The number of hydrogen-bond acceptors (Lipinski definition) is 2. The molecule has 0 amide bonds. The van der Waals surface area contributed by atoms with Crippen LogP contribution in [0.25, 0.3) is 0 Å². The summed E-state index contributed by atoms with van der Waals surface area (Å²) < 4.78 is 12.3. The van der Waals surface area contributed by atoms with Crippen molar-refractivity contribution in [3.05, 3.63) is 58.1 Å². The van der Waals surface area contributed by atoms with E-state index >= 15 is 0 Å². The zero-order valence-electron chi connectivity index (χ0n) is 10.9. The fraction of sp³-hybridized carbons (Fsp3) is 0.200. The summed E-state index contributed by atoms with van der Waals surface area (Å²) in [7, 11) is -1.10. The van der Waals surface area contributed by atoms with E-state index in [4.69, 9.17) is 17.3 Å². The van der Waals surface area contributed by atoms with Crippen molar-refractivity contribution in [3.8, 4) is 0 Å². The predicted molar refractivity (Wildman–Crippen MR) is 81.9 cm³/mol. The van der Waals surface area contributed by atoms with Crippen LogP contribution in [0.1, 0.15) is 16.7 Å². The number of nitrogen functional groups attached to an aromatic ring is 1. The Morgan fingerprint density at radius 1 is 1.11 bits per heavy atom. The number of anilines is 1. The average Bonchev–Trinajstić information content (AvgIpc) is 2.36. The quantitative estimate of drug-likeness (QED) is 0.874. The fourth-order valence-corrected chi connectivity index (χ4v) is 3.32. The van der Waals surface area contributed by atoms with Gasteiger partial charge in [0.1, 0.15) is 0 Å². The van der Waals surface area contributed by atoms with E-state index in [1.807, 2.05) is 38.1 Å². The zero-order valence-corrected chi connectivity index (χ0v) is 12.5. The van der Waals surface area contributed by atoms with E-state index in [-0.39, 0.29) is 0 Å². The molecule has 0 aliphatic rings. The van der Waals surface area contributed by atoms with Crippen molar-refractivity contribution in [2.45, 2.75) is 24.5 Å². The molecule has 0 fully saturated rings. The molecule has 0 aliphatic heterocycles. The van der Waals surface area contributed by atoms with Crippen molar-refractivity contribution in [1.82, 2.24) is 0 Å². The lowest BCUT2D eigenvalue weighted by molar-refractivity contribution is 0.682. The third-order valence-electron chi connectivity index (χ3n) is 3.10. The first-order chi connectivity index (χ1) is 8.97. The first kappa shape index (κ1) is 14.1. The predicted octanol–water partition coefficient (Wildman–Crippen LogP) is 3.85. The number of halogens is 1. The first-order valence-corrected chi connectivity index (χ1v) is 7.66. The van der Waals surface area contributed by atoms with Crippen molar-refractivity contribution < 1.29 is 4.21 Å². The summed E-state index contributed by atoms with van der Waals surface area (Å²) in [6.45, 7) is 4.06. The first-order valence-electron chi connectivity index (χ1n) is 5.97. The van der Waals surface area contributed by atoms with E-state index in [9.17, 15) is 4.21 Å². The van der Waals surface area contributed by atoms with Crippen LogP contribution in [0.2, 0.25) is 5.02 Å². The lowest BCUT2D eigenvalue weighted by Gasteiger charge is -2.07. The molecule has 0 saturated heterocycles. The molecule has 19 heavy (non-hydrogen) atoms. The van der Waals surface area contributed by atoms with Gasteiger partial charge in [-0.15, -0.1) is 0 Å². The van der Waals surface area contributed by atoms with Crippen molar-refractivity contribution in [1.29, 1.82) is 0 Å². The smallest absolute Gasteiger partial charge is 0.0574 e. The van der Waals surface area contributed by atoms with Crippen molar-refractivity contribution in [2.75, 3.05) is 5.73 Å². The highest BCUT2D eigenvalue weighted by atomic mass is 35.5. The van der Waals surface area contributed by atoms with E-state index in [0.29, 0.717) is 16.5 Å². The summed E-state index contributed by atoms with van der Waals surface area (Å²) in [5, 5.41) is 0.567. The normalized spacial score (nSPS) is 12.4. The van der Waals surface area contributed by atoms with Gasteiger partial charge in [0.05, 0.1) is 16.6 Å². The van der Waals surface area contributed by atoms with Crippen LogP contribution in [-0.4, -0.2) is 4.21 Å². The van der Waals surface area contributed by atoms with Crippen molar-refractivity contribution in [2.24, 2.45) is 0 Å². The van der Waals surface area contributed by atoms with Crippen molar-refractivity contribution in [3.63, 3.8) is 0 Å². The molecule has 0 radical (unpaired) electrons. The van der Waals surface area contributed by atoms with Gasteiger partial charge in [-0.1, -0.05) is 23.7 Å². The van der Waals surface area contributed by atoms with Gasteiger partial charge in [-0.25, -0.2) is 0 Å². The van der Waals surface area contributed by atoms with Crippen LogP contribution >= 0.6 is 11.6 Å². The molecule has 0 spiro atoms. The molecule has 2 N–H and O–H groups in total. The summed E-state index contributed by atoms with van der Waals surface area (Å²) in [6, 6.07) is 11.2. The van der Waals surface area contributed by atoms with E-state index in [1.165, 1.54) is 5.56 Å². The molecule has 1 atom stereocenters. The Kier molecular flexibility index (Phi) is 4.27. The standard InChI is InChI=1S/C15H16ClNOS/c1-10-3-6-14(7-11(10)2)19(18)9-12-4-5-13(17)8-15(12)16/h3-8H,9,17H2,1-2H3. The minimum atomic E-state index is -1.10. The van der Waals surface area contributed by atoms with Gasteiger partial charge in [0, 0.05) is 15.6 Å². The second kappa shape index (κ2) is 5.76. The lowest BCUT2D eigenvalue weighted by Crippen LogP contribution is -1.99. The Bertz CT molecular complexity index is 640. The van der Waals surface area contributed by atoms with Crippen LogP contribution in [0.4, 0.5) is 5.69 Å². The van der Waals surface area contributed by atoms with Gasteiger partial charge in [-0.2, -0.15) is 0 Å². The zero-order chi connectivity index (χ0) is 14.0. The van der Waals surface area contributed by atoms with E-state index < -0.39 is 10.8 Å². The molecule has 100 valence electrons. The number of benzene rings is 2. The molecular weight excluding hydrogens is 278 g/mol. The third-order valence-corrected chi connectivity index (χ3v) is 4.81. The summed E-state index contributed by atoms with van der Waals surface area (Å²) in [5.41, 5.74) is 9.46. The molecule has 0 saturated carbocycles. The Hall–Kier alpha value is -1.32. The Balaban J connectivity index is 2.23. The van der Waals surface area contributed by atoms with Gasteiger partial charge < -0.3 is 5.73 Å². The van der Waals surface area contributed by atoms with Gasteiger partial charge in [0.2, 0.25) is 0 Å². The number of hydrogen-bond donors (Lipinski definition) is 1. The minimum absolute atomic E-state index is 0.404. The topological polar surface area (TPSA) is 43.1 Å². The lowest BCUT2D eigenvalue weighted by atomic mass is 10.1. The Morgan fingerprint density at radius 3 is 2.47 bits per heavy atom. The molecule has 2 nitrogen and oxygen atoms in total. The van der Waals surface area contributed by atoms with Gasteiger partial charge in [-0.05, 0) is 54.8 Å². The monoisotopic (exact) mass is 293 g/mol. The van der Waals surface area contributed by atoms with E-state index in [2.05, 4.69) is 0 Å². The molecule has 1 unspecified atom stereocenters. The van der Waals surface area contributed by atoms with Crippen LogP contribution in [0.3, 0.4) is 0 Å². The molecule has 0 heterocycles. The number of nitrogens with two attached hydrogens (primary N) is 1. The van der Waals surface area contributed by atoms with Gasteiger partial charge in [0.15, 0.2) is 0 Å². The molecule has 0 aliphatic carbocycles. The average molecular weight is 294 g/mol. The largest absolute Gasteiger partial charge is 0.399 e. The van der Waals surface area contributed by atoms with E-state index in [1.54, 1.807) is 12.1 Å². The summed E-state index contributed by atoms with van der Waals surface area (Å²) in [6.07, 6.45) is 0. The highest BCUT2D eigenvalue weighted by Gasteiger charge is 2.09. The molecular formula is C15H16ClNOS. The number of rotatable bonds is 3. The van der Waals surface area contributed by atoms with Crippen LogP contribution in [0, 0.1) is 13.8 Å².